The van der Waals surface area contributed by atoms with Gasteiger partial charge in [0.15, 0.2) is 0 Å². The normalized spacial score (nSPS) is 11.3. The minimum atomic E-state index is 0. The molecule has 0 aliphatic rings. The fraction of sp³-hybridized carbons (Fsp3) is 1.00. The summed E-state index contributed by atoms with van der Waals surface area (Å²) >= 11 is 0. The van der Waals surface area contributed by atoms with Crippen molar-refractivity contribution in [2.45, 2.75) is 232 Å². The summed E-state index contributed by atoms with van der Waals surface area (Å²) in [6, 6.07) is 0. The van der Waals surface area contributed by atoms with Gasteiger partial charge in [-0.15, -0.1) is 0 Å². The summed E-state index contributed by atoms with van der Waals surface area (Å²) in [6.45, 7) is 6.29. The Morgan fingerprint density at radius 1 is 0.295 bits per heavy atom. The Balaban J connectivity index is -0.000000754. The molecular weight excluding hydrogens is 558 g/mol. The van der Waals surface area contributed by atoms with Crippen molar-refractivity contribution in [2.24, 2.45) is 0 Å². The lowest BCUT2D eigenvalue weighted by molar-refractivity contribution is -0.870. The third kappa shape index (κ3) is 51.8. The van der Waals surface area contributed by atoms with Crippen molar-refractivity contribution in [3.05, 3.63) is 0 Å². The summed E-state index contributed by atoms with van der Waals surface area (Å²) in [4.78, 5) is 0. The maximum Gasteiger partial charge on any atom is 0.0780 e. The van der Waals surface area contributed by atoms with Crippen LogP contribution in [0.5, 0.6) is 0 Å². The van der Waals surface area contributed by atoms with Crippen LogP contribution >= 0.6 is 0 Å². The maximum atomic E-state index is 8.71. The van der Waals surface area contributed by atoms with Crippen LogP contribution in [-0.2, 0) is 0 Å². The number of aliphatic hydroxyl groups is 1. The van der Waals surface area contributed by atoms with Crippen LogP contribution in [0.3, 0.4) is 0 Å². The Hall–Kier alpha value is 0.210. The topological polar surface area (TPSA) is 20.2 Å². The maximum absolute atomic E-state index is 8.71. The first-order chi connectivity index (χ1) is 21.0. The van der Waals surface area contributed by atoms with Crippen molar-refractivity contribution >= 4 is 0 Å². The highest BCUT2D eigenvalue weighted by atomic mass is 35.5. The van der Waals surface area contributed by atoms with Gasteiger partial charge in [-0.3, -0.25) is 0 Å². The number of hydrogen-bond acceptors (Lipinski definition) is 1. The molecule has 0 amide bonds. The van der Waals surface area contributed by atoms with Crippen LogP contribution in [0.15, 0.2) is 0 Å². The van der Waals surface area contributed by atoms with Gasteiger partial charge in [0.05, 0.1) is 27.7 Å². The van der Waals surface area contributed by atoms with E-state index in [1.54, 1.807) is 0 Å². The van der Waals surface area contributed by atoms with Crippen molar-refractivity contribution in [3.8, 4) is 0 Å². The highest BCUT2D eigenvalue weighted by Gasteiger charge is 2.05. The van der Waals surface area contributed by atoms with E-state index in [9.17, 15) is 0 Å². The van der Waals surface area contributed by atoms with Crippen LogP contribution in [0, 0.1) is 0 Å². The number of rotatable bonds is 35. The molecule has 0 fully saturated rings. The smallest absolute Gasteiger partial charge is 0.0780 e. The van der Waals surface area contributed by atoms with Gasteiger partial charge in [0, 0.05) is 6.61 Å². The highest BCUT2D eigenvalue weighted by molar-refractivity contribution is 4.51. The minimum Gasteiger partial charge on any atom is -1.00 e. The van der Waals surface area contributed by atoms with Crippen LogP contribution in [0.1, 0.15) is 232 Å². The Bertz CT molecular complexity index is 444. The fourth-order valence-electron chi connectivity index (χ4n) is 6.15. The molecule has 44 heavy (non-hydrogen) atoms. The van der Waals surface area contributed by atoms with Crippen LogP contribution in [-0.4, -0.2) is 43.9 Å². The van der Waals surface area contributed by atoms with Crippen LogP contribution in [0.4, 0.5) is 0 Å². The lowest BCUT2D eigenvalue weighted by atomic mass is 10.0. The predicted octanol–water partition coefficient (Wildman–Crippen LogP) is 11.0. The van der Waals surface area contributed by atoms with Gasteiger partial charge in [-0.25, -0.2) is 0 Å². The van der Waals surface area contributed by atoms with Gasteiger partial charge in [0.25, 0.3) is 0 Å². The van der Waals surface area contributed by atoms with Gasteiger partial charge >= 0.3 is 0 Å². The lowest BCUT2D eigenvalue weighted by Gasteiger charge is -2.23. The van der Waals surface area contributed by atoms with E-state index in [2.05, 4.69) is 35.0 Å². The summed E-state index contributed by atoms with van der Waals surface area (Å²) in [5.41, 5.74) is 0. The third-order valence-electron chi connectivity index (χ3n) is 9.19. The second-order valence-electron chi connectivity index (χ2n) is 15.1. The summed E-state index contributed by atoms with van der Waals surface area (Å²) in [7, 11) is 6.88. The average molecular weight is 647 g/mol. The molecule has 0 aromatic carbocycles. The second kappa shape index (κ2) is 43.2. The minimum absolute atomic E-state index is 0. The summed E-state index contributed by atoms with van der Waals surface area (Å²) in [6.07, 6.45) is 48.5. The average Bonchev–Trinajstić information content (AvgIpc) is 2.98. The lowest BCUT2D eigenvalue weighted by Crippen LogP contribution is -3.00. The zero-order chi connectivity index (χ0) is 32.0. The van der Waals surface area contributed by atoms with Crippen molar-refractivity contribution in [1.82, 2.24) is 0 Å². The molecule has 270 valence electrons. The number of halogens is 1. The van der Waals surface area contributed by atoms with E-state index in [0.29, 0.717) is 6.61 Å². The van der Waals surface area contributed by atoms with Crippen molar-refractivity contribution in [2.75, 3.05) is 34.3 Å². The monoisotopic (exact) mass is 646 g/mol. The van der Waals surface area contributed by atoms with Crippen LogP contribution < -0.4 is 12.4 Å². The molecule has 0 rings (SSSR count). The molecule has 0 aromatic heterocycles. The first-order valence-electron chi connectivity index (χ1n) is 20.4. The Kier molecular flexibility index (Phi) is 47.7. The molecule has 0 aromatic rings. The zero-order valence-corrected chi connectivity index (χ0v) is 32.5. The van der Waals surface area contributed by atoms with E-state index < -0.39 is 0 Å². The SMILES string of the molecule is CCCCCCCCCCCCCCCCCCCCCCO.CCCCCCCCCCCCCCCC[N+](C)(C)C.[Cl-]. The predicted molar refractivity (Wildman–Crippen MR) is 198 cm³/mol. The Morgan fingerprint density at radius 2 is 0.477 bits per heavy atom. The first-order valence-corrected chi connectivity index (χ1v) is 20.4. The van der Waals surface area contributed by atoms with Gasteiger partial charge < -0.3 is 22.0 Å². The zero-order valence-electron chi connectivity index (χ0n) is 31.7. The number of quaternary nitrogens is 1. The van der Waals surface area contributed by atoms with Gasteiger partial charge in [0.1, 0.15) is 0 Å². The van der Waals surface area contributed by atoms with E-state index in [4.69, 9.17) is 5.11 Å². The number of aliphatic hydroxyl groups excluding tert-OH is 1. The van der Waals surface area contributed by atoms with Gasteiger partial charge in [-0.2, -0.15) is 0 Å². The molecule has 0 atom stereocenters. The number of hydrogen-bond donors (Lipinski definition) is 1. The molecule has 0 saturated heterocycles. The van der Waals surface area contributed by atoms with Crippen molar-refractivity contribution in [3.63, 3.8) is 0 Å². The molecule has 2 nitrogen and oxygen atoms in total. The molecule has 0 saturated carbocycles. The van der Waals surface area contributed by atoms with E-state index in [1.165, 1.54) is 218 Å². The largest absolute Gasteiger partial charge is 1.00 e. The van der Waals surface area contributed by atoms with E-state index in [-0.39, 0.29) is 12.4 Å². The van der Waals surface area contributed by atoms with E-state index >= 15 is 0 Å². The molecule has 0 aliphatic carbocycles. The molecule has 0 spiro atoms. The highest BCUT2D eigenvalue weighted by Crippen LogP contribution is 2.15. The fourth-order valence-corrected chi connectivity index (χ4v) is 6.15. The Morgan fingerprint density at radius 3 is 0.659 bits per heavy atom. The van der Waals surface area contributed by atoms with Crippen LogP contribution in [0.2, 0.25) is 0 Å². The Labute approximate surface area is 287 Å². The molecule has 0 heterocycles. The first kappa shape index (κ1) is 48.6. The molecule has 1 N–H and O–H groups in total. The van der Waals surface area contributed by atoms with Gasteiger partial charge in [-0.05, 0) is 19.3 Å². The molecular formula is C41H88ClNO. The van der Waals surface area contributed by atoms with Gasteiger partial charge in [-0.1, -0.05) is 213 Å². The molecule has 3 heteroatoms. The standard InChI is InChI=1S/C22H46O.C19H42N.ClH/c1-2-3-4-5-6-7-8-9-10-11-12-13-14-15-16-17-18-19-20-21-22-23;1-5-6-7-8-9-10-11-12-13-14-15-16-17-18-19-20(2,3)4;/h23H,2-22H2,1H3;5-19H2,1-4H3;1H/q;+1;/p-1. The molecule has 0 aliphatic heterocycles. The molecule has 0 unspecified atom stereocenters. The van der Waals surface area contributed by atoms with Gasteiger partial charge in [0.2, 0.25) is 0 Å². The van der Waals surface area contributed by atoms with Crippen molar-refractivity contribution < 1.29 is 22.0 Å². The quantitative estimate of drug-likeness (QED) is 0.0537. The summed E-state index contributed by atoms with van der Waals surface area (Å²) in [5.74, 6) is 0. The second-order valence-corrected chi connectivity index (χ2v) is 15.1. The third-order valence-corrected chi connectivity index (χ3v) is 9.19. The van der Waals surface area contributed by atoms with E-state index in [0.717, 1.165) is 10.9 Å². The summed E-state index contributed by atoms with van der Waals surface area (Å²) in [5, 5.41) is 8.71. The van der Waals surface area contributed by atoms with E-state index in [1.807, 2.05) is 0 Å². The summed E-state index contributed by atoms with van der Waals surface area (Å²) < 4.78 is 1.12. The van der Waals surface area contributed by atoms with Crippen LogP contribution in [0.25, 0.3) is 0 Å². The molecule has 0 bridgehead atoms. The van der Waals surface area contributed by atoms with Crippen molar-refractivity contribution in [1.29, 1.82) is 0 Å². The number of unbranched alkanes of at least 4 members (excludes halogenated alkanes) is 32. The number of nitrogens with zero attached hydrogens (tertiary/aromatic N) is 1. The molecule has 0 radical (unpaired) electrons.